The second-order valence-electron chi connectivity index (χ2n) is 9.10. The second kappa shape index (κ2) is 9.57. The summed E-state index contributed by atoms with van der Waals surface area (Å²) in [5.74, 6) is 0.0179. The molecule has 8 nitrogen and oxygen atoms in total. The molecule has 0 aliphatic carbocycles. The van der Waals surface area contributed by atoms with Crippen LogP contribution in [0.2, 0.25) is 0 Å². The van der Waals surface area contributed by atoms with Crippen molar-refractivity contribution in [3.05, 3.63) is 71.8 Å². The second-order valence-corrected chi connectivity index (χ2v) is 9.10. The van der Waals surface area contributed by atoms with Gasteiger partial charge in [0.05, 0.1) is 17.1 Å². The number of fused-ring (bicyclic) bond motifs is 1. The van der Waals surface area contributed by atoms with Gasteiger partial charge in [-0.25, -0.2) is 4.79 Å². The van der Waals surface area contributed by atoms with Crippen molar-refractivity contribution in [3.8, 4) is 11.5 Å². The zero-order valence-corrected chi connectivity index (χ0v) is 20.3. The van der Waals surface area contributed by atoms with E-state index in [1.165, 1.54) is 12.1 Å². The van der Waals surface area contributed by atoms with Crippen LogP contribution in [0.15, 0.2) is 65.7 Å². The number of amidine groups is 1. The van der Waals surface area contributed by atoms with Crippen LogP contribution in [0, 0.1) is 0 Å². The molecule has 1 heterocycles. The number of carbonyl (C=O) groups excluding carboxylic acids is 1. The molecule has 4 rings (SSSR count). The lowest BCUT2D eigenvalue weighted by Gasteiger charge is -2.25. The van der Waals surface area contributed by atoms with Crippen molar-refractivity contribution in [1.29, 1.82) is 0 Å². The van der Waals surface area contributed by atoms with Crippen molar-refractivity contribution >= 4 is 34.6 Å². The van der Waals surface area contributed by atoms with Crippen molar-refractivity contribution in [2.24, 2.45) is 10.7 Å². The van der Waals surface area contributed by atoms with E-state index in [0.717, 1.165) is 23.3 Å². The monoisotopic (exact) mass is 513 g/mol. The molecule has 1 aliphatic heterocycles. The zero-order chi connectivity index (χ0) is 27.0. The molecule has 0 atom stereocenters. The highest BCUT2D eigenvalue weighted by Crippen LogP contribution is 2.51. The lowest BCUT2D eigenvalue weighted by molar-refractivity contribution is -0.274. The third kappa shape index (κ3) is 5.40. The van der Waals surface area contributed by atoms with Gasteiger partial charge in [0.2, 0.25) is 0 Å². The highest BCUT2D eigenvalue weighted by atomic mass is 19.4. The van der Waals surface area contributed by atoms with Gasteiger partial charge in [0.25, 0.3) is 0 Å². The molecule has 0 spiro atoms. The van der Waals surface area contributed by atoms with E-state index >= 15 is 0 Å². The Morgan fingerprint density at radius 1 is 1.08 bits per heavy atom. The molecule has 1 aliphatic rings. The molecule has 0 radical (unpaired) electrons. The number of anilines is 4. The van der Waals surface area contributed by atoms with E-state index in [4.69, 9.17) is 5.73 Å². The average Bonchev–Trinajstić information content (AvgIpc) is 3.11. The SMILES string of the molecule is CN=C(N)c1ccc(O)c2c1C(C)(C)CN2c1ccccc1NC(=O)Nc1ccc(OC(F)(F)F)cc1. The summed E-state index contributed by atoms with van der Waals surface area (Å²) in [6.07, 6.45) is -4.80. The Bertz CT molecular complexity index is 1350. The fourth-order valence-corrected chi connectivity index (χ4v) is 4.47. The molecule has 0 fully saturated rings. The number of alkyl halides is 3. The normalized spacial score (nSPS) is 14.8. The standard InChI is InChI=1S/C26H26F3N5O3/c1-25(2)14-34(22-20(35)13-12-17(21(22)25)23(30)31-3)19-7-5-4-6-18(19)33-24(36)32-15-8-10-16(11-9-15)37-26(27,28)29/h4-13,35H,14H2,1-3H3,(H2,30,31)(H2,32,33,36). The van der Waals surface area contributed by atoms with Crippen LogP contribution in [0.3, 0.4) is 0 Å². The summed E-state index contributed by atoms with van der Waals surface area (Å²) in [6.45, 7) is 4.56. The van der Waals surface area contributed by atoms with Crippen LogP contribution < -0.4 is 26.0 Å². The Morgan fingerprint density at radius 2 is 1.76 bits per heavy atom. The fraction of sp³-hybridized carbons (Fsp3) is 0.231. The topological polar surface area (TPSA) is 112 Å². The highest BCUT2D eigenvalue weighted by Gasteiger charge is 2.41. The summed E-state index contributed by atoms with van der Waals surface area (Å²) in [6, 6.07) is 14.6. The number of para-hydroxylation sites is 2. The van der Waals surface area contributed by atoms with Crippen LogP contribution in [-0.4, -0.2) is 36.9 Å². The van der Waals surface area contributed by atoms with E-state index in [1.807, 2.05) is 30.9 Å². The van der Waals surface area contributed by atoms with E-state index in [-0.39, 0.29) is 11.4 Å². The van der Waals surface area contributed by atoms with Gasteiger partial charge in [0.15, 0.2) is 0 Å². The quantitative estimate of drug-likeness (QED) is 0.258. The number of aromatic hydroxyl groups is 1. The summed E-state index contributed by atoms with van der Waals surface area (Å²) >= 11 is 0. The van der Waals surface area contributed by atoms with Crippen molar-refractivity contribution in [2.45, 2.75) is 25.6 Å². The molecule has 3 aromatic rings. The van der Waals surface area contributed by atoms with Crippen LogP contribution in [0.4, 0.5) is 40.7 Å². The molecule has 3 aromatic carbocycles. The molecule has 5 N–H and O–H groups in total. The number of urea groups is 1. The first-order valence-corrected chi connectivity index (χ1v) is 11.3. The van der Waals surface area contributed by atoms with Gasteiger partial charge in [-0.1, -0.05) is 26.0 Å². The largest absolute Gasteiger partial charge is 0.573 e. The highest BCUT2D eigenvalue weighted by molar-refractivity contribution is 6.04. The van der Waals surface area contributed by atoms with Gasteiger partial charge in [-0.05, 0) is 54.1 Å². The van der Waals surface area contributed by atoms with Crippen LogP contribution in [0.25, 0.3) is 0 Å². The number of phenolic OH excluding ortho intramolecular Hbond substituents is 1. The number of hydrogen-bond donors (Lipinski definition) is 4. The maximum Gasteiger partial charge on any atom is 0.573 e. The Labute approximate surface area is 211 Å². The predicted octanol–water partition coefficient (Wildman–Crippen LogP) is 5.70. The molecule has 194 valence electrons. The number of aliphatic imine (C=N–C) groups is 1. The number of benzene rings is 3. The van der Waals surface area contributed by atoms with Crippen molar-refractivity contribution in [3.63, 3.8) is 0 Å². The van der Waals surface area contributed by atoms with E-state index in [0.29, 0.717) is 29.4 Å². The van der Waals surface area contributed by atoms with E-state index in [2.05, 4.69) is 20.4 Å². The minimum absolute atomic E-state index is 0.0636. The number of ether oxygens (including phenoxy) is 1. The number of carbonyl (C=O) groups is 1. The maximum atomic E-state index is 12.8. The molecule has 37 heavy (non-hydrogen) atoms. The van der Waals surface area contributed by atoms with Gasteiger partial charge in [-0.15, -0.1) is 13.2 Å². The minimum Gasteiger partial charge on any atom is -0.506 e. The number of nitrogens with zero attached hydrogens (tertiary/aromatic N) is 2. The molecule has 0 saturated carbocycles. The molecular formula is C26H26F3N5O3. The summed E-state index contributed by atoms with van der Waals surface area (Å²) in [4.78, 5) is 18.8. The third-order valence-corrected chi connectivity index (χ3v) is 5.96. The first-order valence-electron chi connectivity index (χ1n) is 11.3. The van der Waals surface area contributed by atoms with Crippen LogP contribution in [0.5, 0.6) is 11.5 Å². The first-order chi connectivity index (χ1) is 17.4. The number of nitrogens with one attached hydrogen (secondary N) is 2. The van der Waals surface area contributed by atoms with Crippen LogP contribution in [0.1, 0.15) is 25.0 Å². The van der Waals surface area contributed by atoms with Crippen molar-refractivity contribution in [1.82, 2.24) is 0 Å². The van der Waals surface area contributed by atoms with Crippen molar-refractivity contribution in [2.75, 3.05) is 29.1 Å². The van der Waals surface area contributed by atoms with Crippen LogP contribution in [-0.2, 0) is 5.41 Å². The number of amides is 2. The van der Waals surface area contributed by atoms with E-state index in [9.17, 15) is 23.1 Å². The molecule has 0 aromatic heterocycles. The third-order valence-electron chi connectivity index (χ3n) is 5.96. The number of nitrogens with two attached hydrogens (primary N) is 1. The van der Waals surface area contributed by atoms with Gasteiger partial charge in [0, 0.05) is 30.3 Å². The van der Waals surface area contributed by atoms with Gasteiger partial charge < -0.3 is 31.1 Å². The smallest absolute Gasteiger partial charge is 0.506 e. The Balaban J connectivity index is 1.61. The van der Waals surface area contributed by atoms with Gasteiger partial charge in [-0.2, -0.15) is 0 Å². The zero-order valence-electron chi connectivity index (χ0n) is 20.3. The summed E-state index contributed by atoms with van der Waals surface area (Å²) in [5, 5.41) is 16.2. The molecule has 0 bridgehead atoms. The maximum absolute atomic E-state index is 12.8. The number of phenols is 1. The summed E-state index contributed by atoms with van der Waals surface area (Å²) in [5.41, 5.74) is 9.26. The van der Waals surface area contributed by atoms with Crippen molar-refractivity contribution < 1.29 is 27.8 Å². The van der Waals surface area contributed by atoms with Crippen LogP contribution >= 0.6 is 0 Å². The Morgan fingerprint density at radius 3 is 2.41 bits per heavy atom. The Kier molecular flexibility index (Phi) is 6.64. The average molecular weight is 514 g/mol. The summed E-state index contributed by atoms with van der Waals surface area (Å²) < 4.78 is 41.0. The molecule has 0 unspecified atom stereocenters. The predicted molar refractivity (Wildman–Crippen MR) is 137 cm³/mol. The van der Waals surface area contributed by atoms with Gasteiger partial charge in [-0.3, -0.25) is 4.99 Å². The Hall–Kier alpha value is -4.41. The fourth-order valence-electron chi connectivity index (χ4n) is 4.47. The van der Waals surface area contributed by atoms with E-state index in [1.54, 1.807) is 31.3 Å². The first kappa shape index (κ1) is 25.7. The van der Waals surface area contributed by atoms with E-state index < -0.39 is 23.6 Å². The number of hydrogen-bond acceptors (Lipinski definition) is 5. The summed E-state index contributed by atoms with van der Waals surface area (Å²) in [7, 11) is 1.60. The van der Waals surface area contributed by atoms with Gasteiger partial charge in [0.1, 0.15) is 17.3 Å². The lowest BCUT2D eigenvalue weighted by atomic mass is 9.83. The molecular weight excluding hydrogens is 487 g/mol. The number of rotatable bonds is 5. The van der Waals surface area contributed by atoms with Gasteiger partial charge >= 0.3 is 12.4 Å². The molecule has 2 amide bonds. The minimum atomic E-state index is -4.80. The lowest BCUT2D eigenvalue weighted by Crippen LogP contribution is -2.28. The molecule has 0 saturated heterocycles. The molecule has 11 heteroatoms. The number of halogens is 3.